The summed E-state index contributed by atoms with van der Waals surface area (Å²) >= 11 is 7.61. The van der Waals surface area contributed by atoms with Crippen molar-refractivity contribution in [1.82, 2.24) is 19.6 Å². The number of hydrogen-bond donors (Lipinski definition) is 3. The number of hydrogen-bond acceptors (Lipinski definition) is 6. The van der Waals surface area contributed by atoms with Crippen molar-refractivity contribution in [3.05, 3.63) is 70.1 Å². The molecule has 5 rings (SSSR count). The van der Waals surface area contributed by atoms with Crippen LogP contribution in [0.5, 0.6) is 0 Å². The summed E-state index contributed by atoms with van der Waals surface area (Å²) in [5.41, 5.74) is 3.48. The van der Waals surface area contributed by atoms with Gasteiger partial charge in [-0.25, -0.2) is 18.1 Å². The predicted octanol–water partition coefficient (Wildman–Crippen LogP) is 5.82. The summed E-state index contributed by atoms with van der Waals surface area (Å²) in [5.74, 6) is 1.03. The van der Waals surface area contributed by atoms with Gasteiger partial charge in [0.2, 0.25) is 16.0 Å². The van der Waals surface area contributed by atoms with Crippen molar-refractivity contribution < 1.29 is 13.2 Å². The highest BCUT2D eigenvalue weighted by Crippen LogP contribution is 2.29. The van der Waals surface area contributed by atoms with Crippen molar-refractivity contribution in [2.75, 3.05) is 11.9 Å². The summed E-state index contributed by atoms with van der Waals surface area (Å²) < 4.78 is 29.7. The third kappa shape index (κ3) is 6.04. The van der Waals surface area contributed by atoms with Gasteiger partial charge in [0.1, 0.15) is 4.21 Å². The summed E-state index contributed by atoms with van der Waals surface area (Å²) in [6.07, 6.45) is 6.14. The Morgan fingerprint density at radius 1 is 1.13 bits per heavy atom. The number of thiophene rings is 1. The van der Waals surface area contributed by atoms with Gasteiger partial charge in [-0.1, -0.05) is 43.0 Å². The molecule has 1 fully saturated rings. The van der Waals surface area contributed by atoms with E-state index in [1.807, 2.05) is 23.7 Å². The number of nitrogens with zero attached hydrogens (tertiary/aromatic N) is 2. The molecule has 0 spiro atoms. The number of carbonyl (C=O) groups is 1. The minimum atomic E-state index is -3.58. The Hall–Kier alpha value is -2.92. The summed E-state index contributed by atoms with van der Waals surface area (Å²) in [7, 11) is -1.69. The monoisotopic (exact) mass is 571 g/mol. The lowest BCUT2D eigenvalue weighted by molar-refractivity contribution is 0.0943. The van der Waals surface area contributed by atoms with Gasteiger partial charge in [-0.2, -0.15) is 0 Å². The first kappa shape index (κ1) is 26.7. The quantitative estimate of drug-likeness (QED) is 0.235. The van der Waals surface area contributed by atoms with Crippen LogP contribution in [-0.4, -0.2) is 30.4 Å². The van der Waals surface area contributed by atoms with Crippen molar-refractivity contribution in [2.45, 2.75) is 42.9 Å². The average Bonchev–Trinajstić information content (AvgIpc) is 3.57. The molecule has 11 heteroatoms. The van der Waals surface area contributed by atoms with Crippen LogP contribution in [-0.2, 0) is 23.6 Å². The number of anilines is 2. The van der Waals surface area contributed by atoms with Gasteiger partial charge in [-0.05, 0) is 66.1 Å². The summed E-state index contributed by atoms with van der Waals surface area (Å²) in [4.78, 5) is 17.5. The molecule has 1 amide bonds. The van der Waals surface area contributed by atoms with E-state index in [0.29, 0.717) is 40.2 Å². The Kier molecular flexibility index (Phi) is 8.04. The fraction of sp³-hybridized carbons (Fsp3) is 0.333. The predicted molar refractivity (Wildman–Crippen MR) is 153 cm³/mol. The number of halogens is 1. The van der Waals surface area contributed by atoms with E-state index in [2.05, 4.69) is 15.4 Å². The number of carbonyl (C=O) groups excluding carboxylic acids is 1. The zero-order valence-electron chi connectivity index (χ0n) is 21.0. The molecule has 1 aliphatic rings. The molecule has 0 aliphatic heterocycles. The van der Waals surface area contributed by atoms with E-state index in [1.54, 1.807) is 41.8 Å². The third-order valence-corrected chi connectivity index (χ3v) is 10.1. The van der Waals surface area contributed by atoms with Crippen molar-refractivity contribution in [2.24, 2.45) is 13.0 Å². The number of aryl methyl sites for hydroxylation is 1. The smallest absolute Gasteiger partial charge is 0.251 e. The Labute approximate surface area is 231 Å². The van der Waals surface area contributed by atoms with Gasteiger partial charge >= 0.3 is 0 Å². The number of nitrogens with one attached hydrogen (secondary N) is 3. The van der Waals surface area contributed by atoms with E-state index in [0.717, 1.165) is 11.1 Å². The molecule has 0 unspecified atom stereocenters. The molecule has 38 heavy (non-hydrogen) atoms. The third-order valence-electron chi connectivity index (χ3n) is 6.92. The second-order valence-electron chi connectivity index (χ2n) is 9.61. The standard InChI is InChI=1S/C27H30ClN5O3S2/c1-33-24-12-10-20(26(34)29-16-18-6-3-2-4-7-18)15-23(24)32-27(33)31-22-14-19(9-11-21(22)28)17-30-38(35,36)25-8-5-13-37-25/h5,8-15,18,30H,2-4,6-7,16-17H2,1H3,(H,29,34)(H,31,32). The molecule has 4 aromatic rings. The van der Waals surface area contributed by atoms with Gasteiger partial charge in [-0.15, -0.1) is 11.3 Å². The number of sulfonamides is 1. The SMILES string of the molecule is Cn1c(Nc2cc(CNS(=O)(=O)c3cccs3)ccc2Cl)nc2cc(C(=O)NCC3CCCCC3)ccc21. The molecule has 3 N–H and O–H groups in total. The molecule has 0 atom stereocenters. The van der Waals surface area contributed by atoms with Crippen LogP contribution in [0.25, 0.3) is 11.0 Å². The van der Waals surface area contributed by atoms with Crippen molar-refractivity contribution >= 4 is 61.5 Å². The first-order valence-electron chi connectivity index (χ1n) is 12.6. The lowest BCUT2D eigenvalue weighted by Crippen LogP contribution is -2.30. The maximum Gasteiger partial charge on any atom is 0.251 e. The van der Waals surface area contributed by atoms with Gasteiger partial charge in [-0.3, -0.25) is 4.79 Å². The van der Waals surface area contributed by atoms with Crippen LogP contribution in [0.2, 0.25) is 5.02 Å². The fourth-order valence-corrected chi connectivity index (χ4v) is 6.97. The summed E-state index contributed by atoms with van der Waals surface area (Å²) in [5, 5.41) is 8.54. The Balaban J connectivity index is 1.29. The zero-order chi connectivity index (χ0) is 26.7. The van der Waals surface area contributed by atoms with Crippen LogP contribution in [0.3, 0.4) is 0 Å². The number of amides is 1. The Bertz CT molecular complexity index is 1540. The molecule has 2 heterocycles. The van der Waals surface area contributed by atoms with Crippen LogP contribution in [0.15, 0.2) is 58.1 Å². The second-order valence-corrected chi connectivity index (χ2v) is 13.0. The maximum absolute atomic E-state index is 12.8. The van der Waals surface area contributed by atoms with Crippen LogP contribution in [0, 0.1) is 5.92 Å². The van der Waals surface area contributed by atoms with Crippen molar-refractivity contribution in [3.63, 3.8) is 0 Å². The molecule has 200 valence electrons. The summed E-state index contributed by atoms with van der Waals surface area (Å²) in [6, 6.07) is 14.1. The molecule has 0 bridgehead atoms. The zero-order valence-corrected chi connectivity index (χ0v) is 23.4. The minimum absolute atomic E-state index is 0.0848. The first-order valence-corrected chi connectivity index (χ1v) is 15.4. The Morgan fingerprint density at radius 2 is 1.95 bits per heavy atom. The molecule has 0 saturated heterocycles. The number of fused-ring (bicyclic) bond motifs is 1. The van der Waals surface area contributed by atoms with Gasteiger partial charge in [0.05, 0.1) is 21.7 Å². The largest absolute Gasteiger partial charge is 0.352 e. The molecular formula is C27H30ClN5O3S2. The maximum atomic E-state index is 12.8. The van der Waals surface area contributed by atoms with Crippen molar-refractivity contribution in [3.8, 4) is 0 Å². The van der Waals surface area contributed by atoms with E-state index < -0.39 is 10.0 Å². The van der Waals surface area contributed by atoms with Gasteiger partial charge in [0, 0.05) is 25.7 Å². The fourth-order valence-electron chi connectivity index (χ4n) is 4.75. The van der Waals surface area contributed by atoms with E-state index in [1.165, 1.54) is 43.4 Å². The molecule has 0 radical (unpaired) electrons. The number of rotatable bonds is 9. The highest BCUT2D eigenvalue weighted by Gasteiger charge is 2.18. The minimum Gasteiger partial charge on any atom is -0.352 e. The molecule has 2 aromatic heterocycles. The van der Waals surface area contributed by atoms with Crippen LogP contribution >= 0.6 is 22.9 Å². The number of benzene rings is 2. The van der Waals surface area contributed by atoms with Crippen LogP contribution in [0.1, 0.15) is 48.0 Å². The van der Waals surface area contributed by atoms with Gasteiger partial charge in [0.15, 0.2) is 0 Å². The molecule has 2 aromatic carbocycles. The van der Waals surface area contributed by atoms with E-state index in [4.69, 9.17) is 16.6 Å². The van der Waals surface area contributed by atoms with E-state index in [9.17, 15) is 13.2 Å². The molecular weight excluding hydrogens is 542 g/mol. The topological polar surface area (TPSA) is 105 Å². The normalized spacial score (nSPS) is 14.6. The van der Waals surface area contributed by atoms with E-state index in [-0.39, 0.29) is 16.7 Å². The van der Waals surface area contributed by atoms with Crippen LogP contribution in [0.4, 0.5) is 11.6 Å². The molecule has 1 aliphatic carbocycles. The summed E-state index contributed by atoms with van der Waals surface area (Å²) in [6.45, 7) is 0.832. The second kappa shape index (κ2) is 11.4. The number of imidazole rings is 1. The Morgan fingerprint density at radius 3 is 2.71 bits per heavy atom. The molecule has 1 saturated carbocycles. The van der Waals surface area contributed by atoms with Gasteiger partial charge < -0.3 is 15.2 Å². The highest BCUT2D eigenvalue weighted by atomic mass is 35.5. The lowest BCUT2D eigenvalue weighted by atomic mass is 9.89. The van der Waals surface area contributed by atoms with Crippen molar-refractivity contribution in [1.29, 1.82) is 0 Å². The number of aromatic nitrogens is 2. The molecule has 8 nitrogen and oxygen atoms in total. The highest BCUT2D eigenvalue weighted by molar-refractivity contribution is 7.91. The average molecular weight is 572 g/mol. The lowest BCUT2D eigenvalue weighted by Gasteiger charge is -2.21. The van der Waals surface area contributed by atoms with E-state index >= 15 is 0 Å². The van der Waals surface area contributed by atoms with Crippen LogP contribution < -0.4 is 15.4 Å². The van der Waals surface area contributed by atoms with Gasteiger partial charge in [0.25, 0.3) is 5.91 Å². The first-order chi connectivity index (χ1) is 18.3.